The molecule has 1 aliphatic heterocycles. The molecular formula is C27H30N6O3. The van der Waals surface area contributed by atoms with Gasteiger partial charge in [0.05, 0.1) is 22.7 Å². The largest absolute Gasteiger partial charge is 0.490 e. The van der Waals surface area contributed by atoms with Crippen molar-refractivity contribution in [3.63, 3.8) is 0 Å². The van der Waals surface area contributed by atoms with Crippen LogP contribution in [0, 0.1) is 17.2 Å². The Bertz CT molecular complexity index is 1240. The number of amides is 1. The predicted molar refractivity (Wildman–Crippen MR) is 135 cm³/mol. The van der Waals surface area contributed by atoms with Gasteiger partial charge in [-0.1, -0.05) is 0 Å². The normalized spacial score (nSPS) is 20.6. The van der Waals surface area contributed by atoms with Crippen molar-refractivity contribution in [1.82, 2.24) is 20.3 Å². The molecular weight excluding hydrogens is 456 g/mol. The van der Waals surface area contributed by atoms with Gasteiger partial charge >= 0.3 is 0 Å². The molecule has 1 saturated heterocycles. The Balaban J connectivity index is 1.13. The van der Waals surface area contributed by atoms with Gasteiger partial charge in [0.2, 0.25) is 5.95 Å². The van der Waals surface area contributed by atoms with Crippen LogP contribution in [-0.2, 0) is 0 Å². The van der Waals surface area contributed by atoms with E-state index in [1.54, 1.807) is 24.7 Å². The number of aliphatic hydroxyl groups excluding tert-OH is 1. The lowest BCUT2D eigenvalue weighted by Crippen LogP contribution is -2.40. The van der Waals surface area contributed by atoms with E-state index >= 15 is 0 Å². The fourth-order valence-corrected chi connectivity index (χ4v) is 5.03. The van der Waals surface area contributed by atoms with Crippen molar-refractivity contribution in [1.29, 1.82) is 5.26 Å². The van der Waals surface area contributed by atoms with Crippen LogP contribution >= 0.6 is 0 Å². The summed E-state index contributed by atoms with van der Waals surface area (Å²) in [7, 11) is 0. The van der Waals surface area contributed by atoms with Gasteiger partial charge in [0.25, 0.3) is 5.91 Å². The van der Waals surface area contributed by atoms with E-state index in [9.17, 15) is 15.2 Å². The van der Waals surface area contributed by atoms with Crippen molar-refractivity contribution in [2.24, 2.45) is 5.92 Å². The zero-order valence-electron chi connectivity index (χ0n) is 20.1. The number of aliphatic hydroxyl groups is 1. The van der Waals surface area contributed by atoms with Crippen LogP contribution in [0.4, 0.5) is 5.95 Å². The molecule has 1 saturated carbocycles. The standard InChI is InChI=1S/C27H30N6O3/c28-14-19-3-8-24(23-2-1-11-29-25(19)23)36-22-6-4-21(5-7-22)32-26(35)20-15-30-27(31-16-20)33-12-9-18(17-34)10-13-33/h1-3,8,11,15-16,18,21-22,34H,4-7,9-10,12-13,17H2,(H,32,35). The van der Waals surface area contributed by atoms with E-state index in [-0.39, 0.29) is 24.7 Å². The predicted octanol–water partition coefficient (Wildman–Crippen LogP) is 3.23. The molecule has 3 aromatic rings. The molecule has 3 heterocycles. The second-order valence-electron chi connectivity index (χ2n) is 9.57. The Hall–Kier alpha value is -3.77. The van der Waals surface area contributed by atoms with Crippen LogP contribution in [0.5, 0.6) is 5.75 Å². The molecule has 1 aliphatic carbocycles. The highest BCUT2D eigenvalue weighted by Gasteiger charge is 2.25. The summed E-state index contributed by atoms with van der Waals surface area (Å²) in [4.78, 5) is 28.0. The number of anilines is 1. The molecule has 2 fully saturated rings. The van der Waals surface area contributed by atoms with Gasteiger partial charge in [-0.3, -0.25) is 9.78 Å². The fourth-order valence-electron chi connectivity index (χ4n) is 5.03. The van der Waals surface area contributed by atoms with E-state index in [1.165, 1.54) is 0 Å². The summed E-state index contributed by atoms with van der Waals surface area (Å²) < 4.78 is 6.29. The van der Waals surface area contributed by atoms with Crippen molar-refractivity contribution in [2.75, 3.05) is 24.6 Å². The summed E-state index contributed by atoms with van der Waals surface area (Å²) in [5.74, 6) is 1.56. The topological polar surface area (TPSA) is 124 Å². The average molecular weight is 487 g/mol. The van der Waals surface area contributed by atoms with Crippen LogP contribution in [-0.4, -0.2) is 57.8 Å². The highest BCUT2D eigenvalue weighted by atomic mass is 16.5. The fraction of sp³-hybridized carbons (Fsp3) is 0.444. The molecule has 2 aromatic heterocycles. The van der Waals surface area contributed by atoms with Gasteiger partial charge in [0, 0.05) is 49.7 Å². The van der Waals surface area contributed by atoms with Crippen LogP contribution < -0.4 is 15.0 Å². The first-order chi connectivity index (χ1) is 17.6. The summed E-state index contributed by atoms with van der Waals surface area (Å²) in [6.07, 6.45) is 10.1. The quantitative estimate of drug-likeness (QED) is 0.544. The maximum absolute atomic E-state index is 12.8. The Morgan fingerprint density at radius 1 is 1.08 bits per heavy atom. The second kappa shape index (κ2) is 10.9. The number of aromatic nitrogens is 3. The maximum Gasteiger partial charge on any atom is 0.254 e. The van der Waals surface area contributed by atoms with Gasteiger partial charge in [0.15, 0.2) is 0 Å². The molecule has 1 amide bonds. The number of benzene rings is 1. The van der Waals surface area contributed by atoms with Crippen molar-refractivity contribution < 1.29 is 14.6 Å². The lowest BCUT2D eigenvalue weighted by molar-refractivity contribution is 0.0894. The van der Waals surface area contributed by atoms with E-state index < -0.39 is 0 Å². The van der Waals surface area contributed by atoms with Crippen molar-refractivity contribution in [3.8, 4) is 11.8 Å². The molecule has 5 rings (SSSR count). The number of nitriles is 1. The lowest BCUT2D eigenvalue weighted by Gasteiger charge is -2.31. The Kier molecular flexibility index (Phi) is 7.23. The first-order valence-electron chi connectivity index (χ1n) is 12.6. The number of ether oxygens (including phenoxy) is 1. The lowest BCUT2D eigenvalue weighted by atomic mass is 9.92. The molecule has 9 nitrogen and oxygen atoms in total. The number of pyridine rings is 1. The molecule has 2 aliphatic rings. The van der Waals surface area contributed by atoms with E-state index in [1.807, 2.05) is 18.2 Å². The Morgan fingerprint density at radius 3 is 2.53 bits per heavy atom. The second-order valence-corrected chi connectivity index (χ2v) is 9.57. The first-order valence-corrected chi connectivity index (χ1v) is 12.6. The minimum atomic E-state index is -0.158. The van der Waals surface area contributed by atoms with E-state index in [0.29, 0.717) is 28.5 Å². The third-order valence-electron chi connectivity index (χ3n) is 7.21. The van der Waals surface area contributed by atoms with Gasteiger partial charge in [-0.25, -0.2) is 9.97 Å². The van der Waals surface area contributed by atoms with Crippen molar-refractivity contribution in [2.45, 2.75) is 50.7 Å². The van der Waals surface area contributed by atoms with Gasteiger partial charge in [-0.15, -0.1) is 0 Å². The summed E-state index contributed by atoms with van der Waals surface area (Å²) in [5, 5.41) is 22.6. The minimum Gasteiger partial charge on any atom is -0.490 e. The van der Waals surface area contributed by atoms with Crippen LogP contribution in [0.25, 0.3) is 10.9 Å². The number of carbonyl (C=O) groups excluding carboxylic acids is 1. The molecule has 0 spiro atoms. The van der Waals surface area contributed by atoms with Gasteiger partial charge in [-0.2, -0.15) is 5.26 Å². The molecule has 0 atom stereocenters. The van der Waals surface area contributed by atoms with Crippen LogP contribution in [0.3, 0.4) is 0 Å². The number of fused-ring (bicyclic) bond motifs is 1. The Labute approximate surface area is 210 Å². The average Bonchev–Trinajstić information content (AvgIpc) is 2.94. The Morgan fingerprint density at radius 2 is 1.83 bits per heavy atom. The molecule has 36 heavy (non-hydrogen) atoms. The third-order valence-corrected chi connectivity index (χ3v) is 7.21. The number of hydrogen-bond acceptors (Lipinski definition) is 8. The molecule has 1 aromatic carbocycles. The summed E-state index contributed by atoms with van der Waals surface area (Å²) in [6, 6.07) is 9.63. The molecule has 2 N–H and O–H groups in total. The zero-order chi connectivity index (χ0) is 24.9. The molecule has 0 radical (unpaired) electrons. The first kappa shape index (κ1) is 23.9. The van der Waals surface area contributed by atoms with Crippen LogP contribution in [0.1, 0.15) is 54.4 Å². The van der Waals surface area contributed by atoms with Gasteiger partial charge in [-0.05, 0) is 68.7 Å². The number of nitrogens with one attached hydrogen (secondary N) is 1. The minimum absolute atomic E-state index is 0.0482. The summed E-state index contributed by atoms with van der Waals surface area (Å²) in [5.41, 5.74) is 1.65. The number of rotatable bonds is 6. The molecule has 9 heteroatoms. The SMILES string of the molecule is N#Cc1ccc(OC2CCC(NC(=O)c3cnc(N4CCC(CO)CC4)nc3)CC2)c2cccnc12. The van der Waals surface area contributed by atoms with E-state index in [0.717, 1.165) is 62.8 Å². The van der Waals surface area contributed by atoms with Crippen LogP contribution in [0.15, 0.2) is 42.9 Å². The molecule has 0 unspecified atom stereocenters. The number of piperidine rings is 1. The van der Waals surface area contributed by atoms with Gasteiger partial charge < -0.3 is 20.1 Å². The van der Waals surface area contributed by atoms with E-state index in [2.05, 4.69) is 31.2 Å². The number of nitrogens with zero attached hydrogens (tertiary/aromatic N) is 5. The highest BCUT2D eigenvalue weighted by Crippen LogP contribution is 2.31. The number of hydrogen-bond donors (Lipinski definition) is 2. The van der Waals surface area contributed by atoms with Crippen LogP contribution in [0.2, 0.25) is 0 Å². The van der Waals surface area contributed by atoms with E-state index in [4.69, 9.17) is 4.74 Å². The number of carbonyl (C=O) groups is 1. The smallest absolute Gasteiger partial charge is 0.254 e. The molecule has 186 valence electrons. The highest BCUT2D eigenvalue weighted by molar-refractivity contribution is 5.94. The molecule has 0 bridgehead atoms. The maximum atomic E-state index is 12.8. The monoisotopic (exact) mass is 486 g/mol. The van der Waals surface area contributed by atoms with Gasteiger partial charge in [0.1, 0.15) is 11.8 Å². The van der Waals surface area contributed by atoms with Crippen molar-refractivity contribution in [3.05, 3.63) is 54.0 Å². The summed E-state index contributed by atoms with van der Waals surface area (Å²) >= 11 is 0. The third kappa shape index (κ3) is 5.24. The van der Waals surface area contributed by atoms with Crippen molar-refractivity contribution >= 4 is 22.8 Å². The zero-order valence-corrected chi connectivity index (χ0v) is 20.1. The summed E-state index contributed by atoms with van der Waals surface area (Å²) in [6.45, 7) is 1.86.